The van der Waals surface area contributed by atoms with Crippen molar-refractivity contribution in [2.75, 3.05) is 11.9 Å². The van der Waals surface area contributed by atoms with Gasteiger partial charge in [0.25, 0.3) is 5.91 Å². The van der Waals surface area contributed by atoms with Gasteiger partial charge in [-0.25, -0.2) is 13.7 Å². The Kier molecular flexibility index (Phi) is 7.62. The van der Waals surface area contributed by atoms with Crippen LogP contribution in [0.15, 0.2) is 77.7 Å². The molecule has 5 unspecified atom stereocenters. The van der Waals surface area contributed by atoms with Crippen LogP contribution in [0.3, 0.4) is 0 Å². The van der Waals surface area contributed by atoms with Gasteiger partial charge < -0.3 is 20.1 Å². The van der Waals surface area contributed by atoms with Crippen LogP contribution < -0.4 is 19.7 Å². The Labute approximate surface area is 230 Å². The highest BCUT2D eigenvalue weighted by atomic mass is 32.2. The number of benzene rings is 3. The van der Waals surface area contributed by atoms with Crippen LogP contribution in [0, 0.1) is 4.78 Å². The number of rotatable bonds is 6. The highest BCUT2D eigenvalue weighted by Gasteiger charge is 2.38. The van der Waals surface area contributed by atoms with E-state index in [0.717, 1.165) is 41.1 Å². The average Bonchev–Trinajstić information content (AvgIpc) is 3.00. The summed E-state index contributed by atoms with van der Waals surface area (Å²) in [4.78, 5) is 14.8. The fraction of sp³-hybridized carbons (Fsp3) is 0.321. The second-order valence-electron chi connectivity index (χ2n) is 9.94. The van der Waals surface area contributed by atoms with Crippen molar-refractivity contribution in [2.24, 2.45) is 0 Å². The number of carbonyl (C=O) groups is 1. The molecule has 212 valence electrons. The number of para-hydroxylation sites is 1. The van der Waals surface area contributed by atoms with Crippen LogP contribution in [0.5, 0.6) is 5.75 Å². The molecule has 1 fully saturated rings. The van der Waals surface area contributed by atoms with Gasteiger partial charge in [0, 0.05) is 30.4 Å². The fourth-order valence-electron chi connectivity index (χ4n) is 5.44. The van der Waals surface area contributed by atoms with Gasteiger partial charge in [0.05, 0.1) is 17.0 Å². The zero-order valence-electron chi connectivity index (χ0n) is 21.5. The minimum Gasteiger partial charge on any atom is -0.406 e. The van der Waals surface area contributed by atoms with Crippen LogP contribution in [0.2, 0.25) is 0 Å². The molecule has 5 rings (SSSR count). The van der Waals surface area contributed by atoms with Crippen LogP contribution in [0.25, 0.3) is 0 Å². The van der Waals surface area contributed by atoms with Crippen molar-refractivity contribution in [3.8, 4) is 5.75 Å². The van der Waals surface area contributed by atoms with E-state index in [1.165, 1.54) is 0 Å². The Morgan fingerprint density at radius 3 is 2.30 bits per heavy atom. The highest BCUT2D eigenvalue weighted by Crippen LogP contribution is 2.38. The molecule has 5 atom stereocenters. The zero-order valence-corrected chi connectivity index (χ0v) is 22.3. The minimum absolute atomic E-state index is 0.0301. The topological polar surface area (TPSA) is 115 Å². The predicted octanol–water partition coefficient (Wildman–Crippen LogP) is 4.75. The van der Waals surface area contributed by atoms with Gasteiger partial charge in [-0.1, -0.05) is 42.8 Å². The monoisotopic (exact) mass is 574 g/mol. The SMILES string of the molecule is CN1C(=O)c2ccccc2C(NC2CCCC(NS(=N)(=O)c3ccc(OC(F)(F)F)cc3)C2O)c2ccccc21. The predicted molar refractivity (Wildman–Crippen MR) is 143 cm³/mol. The largest absolute Gasteiger partial charge is 0.573 e. The van der Waals surface area contributed by atoms with Crippen LogP contribution in [-0.4, -0.2) is 46.8 Å². The molecule has 1 saturated carbocycles. The van der Waals surface area contributed by atoms with E-state index in [1.54, 1.807) is 24.1 Å². The normalized spacial score (nSPS) is 24.4. The lowest BCUT2D eigenvalue weighted by Crippen LogP contribution is -2.55. The molecule has 0 aromatic heterocycles. The van der Waals surface area contributed by atoms with E-state index in [4.69, 9.17) is 4.78 Å². The van der Waals surface area contributed by atoms with E-state index in [9.17, 15) is 27.3 Å². The first kappa shape index (κ1) is 28.1. The second kappa shape index (κ2) is 10.8. The summed E-state index contributed by atoms with van der Waals surface area (Å²) < 4.78 is 65.7. The Balaban J connectivity index is 1.38. The summed E-state index contributed by atoms with van der Waals surface area (Å²) in [6.07, 6.45) is -4.19. The standard InChI is InChI=1S/C28H29F3N4O4S/c1-35-24-12-5-4-9-21(24)25(19-7-2-3-8-20(19)27(35)37)33-22-10-6-11-23(26(22)36)34-40(32,38)18-15-13-17(14-16-18)39-28(29,30)31/h2-5,7-9,12-16,22-23,25-26,33,36H,6,10-11H2,1H3,(H2,32,34,38). The van der Waals surface area contributed by atoms with Crippen molar-refractivity contribution >= 4 is 21.5 Å². The van der Waals surface area contributed by atoms with E-state index in [1.807, 2.05) is 36.4 Å². The Morgan fingerprint density at radius 2 is 1.60 bits per heavy atom. The van der Waals surface area contributed by atoms with Gasteiger partial charge in [-0.2, -0.15) is 0 Å². The van der Waals surface area contributed by atoms with Crippen molar-refractivity contribution in [1.29, 1.82) is 4.78 Å². The lowest BCUT2D eigenvalue weighted by Gasteiger charge is -2.38. The van der Waals surface area contributed by atoms with Crippen molar-refractivity contribution in [3.05, 3.63) is 89.5 Å². The van der Waals surface area contributed by atoms with Crippen molar-refractivity contribution in [2.45, 2.75) is 54.7 Å². The number of alkyl halides is 3. The summed E-state index contributed by atoms with van der Waals surface area (Å²) >= 11 is 0. The summed E-state index contributed by atoms with van der Waals surface area (Å²) in [6, 6.07) is 17.6. The molecule has 2 aliphatic rings. The number of nitrogens with zero attached hydrogens (tertiary/aromatic N) is 1. The van der Waals surface area contributed by atoms with Crippen LogP contribution in [-0.2, 0) is 9.92 Å². The summed E-state index contributed by atoms with van der Waals surface area (Å²) in [7, 11) is -1.93. The third-order valence-electron chi connectivity index (χ3n) is 7.36. The van der Waals surface area contributed by atoms with E-state index in [-0.39, 0.29) is 10.8 Å². The van der Waals surface area contributed by atoms with Gasteiger partial charge in [-0.15, -0.1) is 13.2 Å². The molecule has 8 nitrogen and oxygen atoms in total. The van der Waals surface area contributed by atoms with Gasteiger partial charge in [0.15, 0.2) is 0 Å². The molecule has 3 aromatic rings. The number of anilines is 1. The first-order chi connectivity index (χ1) is 18.9. The lowest BCUT2D eigenvalue weighted by atomic mass is 9.86. The molecule has 1 amide bonds. The Bertz CT molecular complexity index is 1500. The van der Waals surface area contributed by atoms with Gasteiger partial charge in [0.2, 0.25) is 0 Å². The molecule has 3 aromatic carbocycles. The molecule has 40 heavy (non-hydrogen) atoms. The lowest BCUT2D eigenvalue weighted by molar-refractivity contribution is -0.274. The maximum atomic E-state index is 13.3. The highest BCUT2D eigenvalue weighted by molar-refractivity contribution is 7.90. The van der Waals surface area contributed by atoms with Crippen LogP contribution >= 0.6 is 0 Å². The third kappa shape index (κ3) is 5.71. The maximum Gasteiger partial charge on any atom is 0.573 e. The van der Waals surface area contributed by atoms with E-state index in [0.29, 0.717) is 24.8 Å². The first-order valence-electron chi connectivity index (χ1n) is 12.8. The van der Waals surface area contributed by atoms with Crippen molar-refractivity contribution < 1.29 is 32.0 Å². The molecule has 0 radical (unpaired) electrons. The first-order valence-corrected chi connectivity index (χ1v) is 14.3. The van der Waals surface area contributed by atoms with Gasteiger partial charge in [-0.05, 0) is 60.4 Å². The van der Waals surface area contributed by atoms with Gasteiger partial charge in [-0.3, -0.25) is 4.79 Å². The van der Waals surface area contributed by atoms with Gasteiger partial charge >= 0.3 is 6.36 Å². The molecular weight excluding hydrogens is 545 g/mol. The van der Waals surface area contributed by atoms with Crippen molar-refractivity contribution in [1.82, 2.24) is 10.0 Å². The molecule has 1 heterocycles. The van der Waals surface area contributed by atoms with E-state index >= 15 is 0 Å². The van der Waals surface area contributed by atoms with Crippen molar-refractivity contribution in [3.63, 3.8) is 0 Å². The summed E-state index contributed by atoms with van der Waals surface area (Å²) in [5, 5.41) is 14.9. The zero-order chi connectivity index (χ0) is 28.7. The minimum atomic E-state index is -4.86. The summed E-state index contributed by atoms with van der Waals surface area (Å²) in [5.74, 6) is -0.627. The molecule has 0 bridgehead atoms. The average molecular weight is 575 g/mol. The maximum absolute atomic E-state index is 13.3. The molecule has 4 N–H and O–H groups in total. The number of aliphatic hydroxyl groups is 1. The number of fused-ring (bicyclic) bond motifs is 2. The van der Waals surface area contributed by atoms with E-state index in [2.05, 4.69) is 14.8 Å². The fourth-order valence-corrected chi connectivity index (χ4v) is 6.78. The summed E-state index contributed by atoms with van der Waals surface area (Å²) in [6.45, 7) is 0. The molecule has 0 saturated heterocycles. The number of aliphatic hydroxyl groups excluding tert-OH is 1. The molecule has 1 aliphatic heterocycles. The number of carbonyl (C=O) groups excluding carboxylic acids is 1. The smallest absolute Gasteiger partial charge is 0.406 e. The molecule has 1 aliphatic carbocycles. The molecule has 12 heteroatoms. The van der Waals surface area contributed by atoms with Crippen LogP contribution in [0.4, 0.5) is 18.9 Å². The number of ether oxygens (including phenoxy) is 1. The number of hydrogen-bond acceptors (Lipinski definition) is 6. The summed E-state index contributed by atoms with van der Waals surface area (Å²) in [5.41, 5.74) is 2.94. The third-order valence-corrected chi connectivity index (χ3v) is 8.93. The number of hydrogen-bond donors (Lipinski definition) is 4. The van der Waals surface area contributed by atoms with Gasteiger partial charge in [0.1, 0.15) is 15.7 Å². The Morgan fingerprint density at radius 1 is 0.975 bits per heavy atom. The molecule has 0 spiro atoms. The second-order valence-corrected chi connectivity index (χ2v) is 11.8. The van der Waals surface area contributed by atoms with Crippen LogP contribution in [0.1, 0.15) is 46.8 Å². The number of nitrogens with one attached hydrogen (secondary N) is 3. The molecular formula is C28H29F3N4O4S. The number of halogens is 3. The van der Waals surface area contributed by atoms with E-state index < -0.39 is 46.3 Å². The Hall–Kier alpha value is -3.45. The quantitative estimate of drug-likeness (QED) is 0.340. The number of amides is 1.